The fourth-order valence-corrected chi connectivity index (χ4v) is 3.33. The Balaban J connectivity index is 1.55. The number of hydrogen-bond donors (Lipinski definition) is 2. The second-order valence-electron chi connectivity index (χ2n) is 6.19. The molecule has 2 aromatic rings. The molecular weight excluding hydrogens is 284 g/mol. The highest BCUT2D eigenvalue weighted by molar-refractivity contribution is 5.83. The van der Waals surface area contributed by atoms with Crippen molar-refractivity contribution < 1.29 is 0 Å². The first-order chi connectivity index (χ1) is 11.3. The van der Waals surface area contributed by atoms with Gasteiger partial charge in [0.2, 0.25) is 0 Å². The van der Waals surface area contributed by atoms with Gasteiger partial charge in [-0.3, -0.25) is 4.90 Å². The van der Waals surface area contributed by atoms with Gasteiger partial charge >= 0.3 is 0 Å². The Morgan fingerprint density at radius 3 is 2.91 bits per heavy atom. The maximum atomic E-state index is 6.02. The molecule has 1 aliphatic rings. The number of guanidine groups is 1. The summed E-state index contributed by atoms with van der Waals surface area (Å²) in [4.78, 5) is 6.98. The minimum Gasteiger partial charge on any atom is -0.370 e. The molecule has 3 N–H and O–H groups in total. The summed E-state index contributed by atoms with van der Waals surface area (Å²) in [5.41, 5.74) is 7.20. The van der Waals surface area contributed by atoms with Crippen molar-refractivity contribution in [3.63, 3.8) is 0 Å². The van der Waals surface area contributed by atoms with Crippen LogP contribution in [-0.4, -0.2) is 36.5 Å². The molecule has 0 radical (unpaired) electrons. The minimum absolute atomic E-state index is 0.543. The van der Waals surface area contributed by atoms with Gasteiger partial charge in [0.1, 0.15) is 0 Å². The molecule has 1 fully saturated rings. The molecule has 1 atom stereocenters. The summed E-state index contributed by atoms with van der Waals surface area (Å²) in [5.74, 6) is 0.543. The predicted octanol–water partition coefficient (Wildman–Crippen LogP) is 2.73. The van der Waals surface area contributed by atoms with Crippen LogP contribution in [0.2, 0.25) is 0 Å². The van der Waals surface area contributed by atoms with Gasteiger partial charge in [-0.05, 0) is 48.3 Å². The second-order valence-corrected chi connectivity index (χ2v) is 6.19. The van der Waals surface area contributed by atoms with Crippen LogP contribution >= 0.6 is 0 Å². The van der Waals surface area contributed by atoms with Crippen LogP contribution < -0.4 is 11.1 Å². The molecule has 4 nitrogen and oxygen atoms in total. The van der Waals surface area contributed by atoms with Gasteiger partial charge in [-0.2, -0.15) is 0 Å². The van der Waals surface area contributed by atoms with Gasteiger partial charge in [0.25, 0.3) is 0 Å². The molecule has 122 valence electrons. The number of hydrogen-bond acceptors (Lipinski definition) is 2. The van der Waals surface area contributed by atoms with Gasteiger partial charge in [0, 0.05) is 12.6 Å². The van der Waals surface area contributed by atoms with Gasteiger partial charge < -0.3 is 11.1 Å². The van der Waals surface area contributed by atoms with E-state index in [2.05, 4.69) is 64.6 Å². The molecule has 23 heavy (non-hydrogen) atoms. The SMILES string of the molecule is CCN1CCCC1CNC(N)=NCc1ccc2ccccc2c1. The molecule has 0 aliphatic carbocycles. The van der Waals surface area contributed by atoms with E-state index in [1.165, 1.54) is 35.7 Å². The topological polar surface area (TPSA) is 53.6 Å². The van der Waals surface area contributed by atoms with Crippen molar-refractivity contribution in [2.24, 2.45) is 10.7 Å². The van der Waals surface area contributed by atoms with E-state index in [9.17, 15) is 0 Å². The van der Waals surface area contributed by atoms with E-state index in [0.717, 1.165) is 13.1 Å². The smallest absolute Gasteiger partial charge is 0.188 e. The van der Waals surface area contributed by atoms with Crippen LogP contribution in [0.3, 0.4) is 0 Å². The van der Waals surface area contributed by atoms with Gasteiger partial charge in [0.15, 0.2) is 5.96 Å². The van der Waals surface area contributed by atoms with E-state index in [1.54, 1.807) is 0 Å². The van der Waals surface area contributed by atoms with Crippen LogP contribution in [0.5, 0.6) is 0 Å². The van der Waals surface area contributed by atoms with Crippen molar-refractivity contribution in [2.45, 2.75) is 32.4 Å². The average Bonchev–Trinajstić information content (AvgIpc) is 3.05. The number of nitrogens with one attached hydrogen (secondary N) is 1. The lowest BCUT2D eigenvalue weighted by atomic mass is 10.1. The molecule has 0 spiro atoms. The summed E-state index contributed by atoms with van der Waals surface area (Å²) in [6, 6.07) is 15.4. The maximum absolute atomic E-state index is 6.02. The number of nitrogens with zero attached hydrogens (tertiary/aromatic N) is 2. The monoisotopic (exact) mass is 310 g/mol. The van der Waals surface area contributed by atoms with Crippen LogP contribution in [0.1, 0.15) is 25.3 Å². The van der Waals surface area contributed by atoms with Crippen molar-refractivity contribution in [3.05, 3.63) is 48.0 Å². The van der Waals surface area contributed by atoms with Gasteiger partial charge in [-0.25, -0.2) is 4.99 Å². The number of aliphatic imine (C=N–C) groups is 1. The number of benzene rings is 2. The van der Waals surface area contributed by atoms with Crippen LogP contribution in [-0.2, 0) is 6.54 Å². The molecule has 1 unspecified atom stereocenters. The number of rotatable bonds is 5. The Morgan fingerprint density at radius 1 is 1.26 bits per heavy atom. The number of likely N-dealkylation sites (N-methyl/N-ethyl adjacent to an activating group) is 1. The molecule has 1 aliphatic heterocycles. The first-order valence-electron chi connectivity index (χ1n) is 8.52. The number of nitrogens with two attached hydrogens (primary N) is 1. The molecular formula is C19H26N4. The van der Waals surface area contributed by atoms with E-state index in [4.69, 9.17) is 5.73 Å². The van der Waals surface area contributed by atoms with Crippen molar-refractivity contribution in [2.75, 3.05) is 19.6 Å². The summed E-state index contributed by atoms with van der Waals surface area (Å²) in [6.07, 6.45) is 2.53. The van der Waals surface area contributed by atoms with Crippen molar-refractivity contribution in [1.82, 2.24) is 10.2 Å². The normalized spacial score (nSPS) is 19.3. The zero-order valence-electron chi connectivity index (χ0n) is 13.8. The molecule has 2 aromatic carbocycles. The van der Waals surface area contributed by atoms with Crippen LogP contribution in [0.25, 0.3) is 10.8 Å². The van der Waals surface area contributed by atoms with E-state index in [1.807, 2.05) is 0 Å². The highest BCUT2D eigenvalue weighted by Crippen LogP contribution is 2.16. The Kier molecular flexibility index (Phi) is 5.13. The van der Waals surface area contributed by atoms with Crippen molar-refractivity contribution in [1.29, 1.82) is 0 Å². The Morgan fingerprint density at radius 2 is 2.09 bits per heavy atom. The molecule has 1 heterocycles. The summed E-state index contributed by atoms with van der Waals surface area (Å²) in [7, 11) is 0. The zero-order valence-corrected chi connectivity index (χ0v) is 13.8. The minimum atomic E-state index is 0.543. The molecule has 0 amide bonds. The molecule has 0 aromatic heterocycles. The summed E-state index contributed by atoms with van der Waals surface area (Å²) < 4.78 is 0. The third kappa shape index (κ3) is 4.02. The quantitative estimate of drug-likeness (QED) is 0.659. The fourth-order valence-electron chi connectivity index (χ4n) is 3.33. The van der Waals surface area contributed by atoms with E-state index < -0.39 is 0 Å². The van der Waals surface area contributed by atoms with Crippen LogP contribution in [0.4, 0.5) is 0 Å². The Hall–Kier alpha value is -2.07. The van der Waals surface area contributed by atoms with Crippen LogP contribution in [0, 0.1) is 0 Å². The predicted molar refractivity (Wildman–Crippen MR) is 97.5 cm³/mol. The molecule has 3 rings (SSSR count). The molecule has 1 saturated heterocycles. The third-order valence-electron chi connectivity index (χ3n) is 4.67. The molecule has 4 heteroatoms. The molecule has 0 bridgehead atoms. The Labute approximate surface area is 138 Å². The highest BCUT2D eigenvalue weighted by Gasteiger charge is 2.22. The Bertz CT molecular complexity index is 680. The lowest BCUT2D eigenvalue weighted by molar-refractivity contribution is 0.267. The first kappa shape index (κ1) is 15.8. The van der Waals surface area contributed by atoms with Crippen molar-refractivity contribution >= 4 is 16.7 Å². The van der Waals surface area contributed by atoms with E-state index in [0.29, 0.717) is 18.5 Å². The summed E-state index contributed by atoms with van der Waals surface area (Å²) in [6.45, 7) is 6.04. The number of likely N-dealkylation sites (tertiary alicyclic amines) is 1. The average molecular weight is 310 g/mol. The molecule has 0 saturated carbocycles. The van der Waals surface area contributed by atoms with Crippen molar-refractivity contribution in [3.8, 4) is 0 Å². The third-order valence-corrected chi connectivity index (χ3v) is 4.67. The number of fused-ring (bicyclic) bond motifs is 1. The largest absolute Gasteiger partial charge is 0.370 e. The maximum Gasteiger partial charge on any atom is 0.188 e. The van der Waals surface area contributed by atoms with Gasteiger partial charge in [-0.1, -0.05) is 43.3 Å². The van der Waals surface area contributed by atoms with E-state index >= 15 is 0 Å². The lowest BCUT2D eigenvalue weighted by Gasteiger charge is -2.23. The first-order valence-corrected chi connectivity index (χ1v) is 8.52. The summed E-state index contributed by atoms with van der Waals surface area (Å²) in [5, 5.41) is 5.79. The van der Waals surface area contributed by atoms with Gasteiger partial charge in [0.05, 0.1) is 6.54 Å². The highest BCUT2D eigenvalue weighted by atomic mass is 15.2. The zero-order chi connectivity index (χ0) is 16.1. The lowest BCUT2D eigenvalue weighted by Crippen LogP contribution is -2.42. The van der Waals surface area contributed by atoms with E-state index in [-0.39, 0.29) is 0 Å². The summed E-state index contributed by atoms with van der Waals surface area (Å²) >= 11 is 0. The van der Waals surface area contributed by atoms with Gasteiger partial charge in [-0.15, -0.1) is 0 Å². The fraction of sp³-hybridized carbons (Fsp3) is 0.421. The van der Waals surface area contributed by atoms with Crippen LogP contribution in [0.15, 0.2) is 47.5 Å². The second kappa shape index (κ2) is 7.47. The standard InChI is InChI=1S/C19H26N4/c1-2-23-11-5-8-18(23)14-22-19(20)21-13-15-9-10-16-6-3-4-7-17(16)12-15/h3-4,6-7,9-10,12,18H,2,5,8,11,13-14H2,1H3,(H3,20,21,22).